The molecule has 3 aromatic rings. The maximum absolute atomic E-state index is 12.3. The van der Waals surface area contributed by atoms with Gasteiger partial charge in [-0.3, -0.25) is 19.9 Å². The topological polar surface area (TPSA) is 84.0 Å². The zero-order valence-corrected chi connectivity index (χ0v) is 13.6. The van der Waals surface area contributed by atoms with Crippen LogP contribution in [0.3, 0.4) is 0 Å². The summed E-state index contributed by atoms with van der Waals surface area (Å²) >= 11 is 1.36. The molecule has 24 heavy (non-hydrogen) atoms. The normalized spacial score (nSPS) is 10.2. The minimum atomic E-state index is -0.250. The maximum atomic E-state index is 12.3. The second kappa shape index (κ2) is 7.01. The molecule has 0 fully saturated rings. The van der Waals surface area contributed by atoms with Crippen LogP contribution in [0.5, 0.6) is 0 Å². The van der Waals surface area contributed by atoms with Crippen molar-refractivity contribution in [2.75, 3.05) is 10.6 Å². The molecule has 0 atom stereocenters. The Labute approximate surface area is 142 Å². The third kappa shape index (κ3) is 3.82. The van der Waals surface area contributed by atoms with Crippen LogP contribution in [-0.2, 0) is 4.79 Å². The van der Waals surface area contributed by atoms with E-state index in [0.717, 1.165) is 11.3 Å². The van der Waals surface area contributed by atoms with Crippen LogP contribution in [-0.4, -0.2) is 21.8 Å². The minimum absolute atomic E-state index is 0.154. The molecule has 2 aromatic heterocycles. The molecule has 1 aromatic carbocycles. The summed E-state index contributed by atoms with van der Waals surface area (Å²) in [5.74, 6) is -0.404. The van der Waals surface area contributed by atoms with E-state index in [9.17, 15) is 9.59 Å². The largest absolute Gasteiger partial charge is 0.326 e. The average Bonchev–Trinajstić information content (AvgIpc) is 3.04. The molecule has 0 saturated heterocycles. The van der Waals surface area contributed by atoms with E-state index in [-0.39, 0.29) is 11.8 Å². The molecule has 0 aliphatic heterocycles. The molecule has 2 heterocycles. The lowest BCUT2D eigenvalue weighted by molar-refractivity contribution is -0.114. The van der Waals surface area contributed by atoms with Crippen LogP contribution >= 0.6 is 11.3 Å². The summed E-state index contributed by atoms with van der Waals surface area (Å²) in [6.07, 6.45) is 3.40. The van der Waals surface area contributed by atoms with Gasteiger partial charge in [0.2, 0.25) is 5.91 Å². The Hall–Kier alpha value is -3.06. The molecule has 0 aliphatic carbocycles. The van der Waals surface area contributed by atoms with Gasteiger partial charge in [-0.15, -0.1) is 11.3 Å². The minimum Gasteiger partial charge on any atom is -0.326 e. The SMILES string of the molecule is CC(=O)Nc1ccc(C(=O)Nc2nc(-c3ccncc3)cs2)cc1. The van der Waals surface area contributed by atoms with Crippen LogP contribution in [0.15, 0.2) is 54.2 Å². The van der Waals surface area contributed by atoms with Gasteiger partial charge >= 0.3 is 0 Å². The molecule has 0 saturated carbocycles. The molecule has 3 rings (SSSR count). The van der Waals surface area contributed by atoms with Crippen molar-refractivity contribution in [1.82, 2.24) is 9.97 Å². The van der Waals surface area contributed by atoms with E-state index in [4.69, 9.17) is 0 Å². The van der Waals surface area contributed by atoms with Gasteiger partial charge in [0.1, 0.15) is 0 Å². The summed E-state index contributed by atoms with van der Waals surface area (Å²) in [6, 6.07) is 10.4. The van der Waals surface area contributed by atoms with Crippen molar-refractivity contribution in [3.63, 3.8) is 0 Å². The van der Waals surface area contributed by atoms with Crippen molar-refractivity contribution in [1.29, 1.82) is 0 Å². The van der Waals surface area contributed by atoms with Crippen LogP contribution in [0.1, 0.15) is 17.3 Å². The lowest BCUT2D eigenvalue weighted by Crippen LogP contribution is -2.12. The molecule has 6 nitrogen and oxygen atoms in total. The summed E-state index contributed by atoms with van der Waals surface area (Å²) in [5.41, 5.74) is 2.87. The van der Waals surface area contributed by atoms with E-state index in [1.165, 1.54) is 18.3 Å². The van der Waals surface area contributed by atoms with E-state index in [0.29, 0.717) is 16.4 Å². The number of nitrogens with one attached hydrogen (secondary N) is 2. The Morgan fingerprint density at radius 2 is 1.71 bits per heavy atom. The summed E-state index contributed by atoms with van der Waals surface area (Å²) in [6.45, 7) is 1.43. The third-order valence-electron chi connectivity index (χ3n) is 3.17. The summed E-state index contributed by atoms with van der Waals surface area (Å²) in [7, 11) is 0. The summed E-state index contributed by atoms with van der Waals surface area (Å²) in [5, 5.41) is 7.84. The first kappa shape index (κ1) is 15.8. The number of amides is 2. The van der Waals surface area contributed by atoms with Crippen molar-refractivity contribution in [3.8, 4) is 11.3 Å². The van der Waals surface area contributed by atoms with Crippen molar-refractivity contribution in [2.24, 2.45) is 0 Å². The van der Waals surface area contributed by atoms with Gasteiger partial charge in [-0.05, 0) is 36.4 Å². The number of rotatable bonds is 4. The fraction of sp³-hybridized carbons (Fsp3) is 0.0588. The van der Waals surface area contributed by atoms with E-state index in [2.05, 4.69) is 20.6 Å². The first-order valence-electron chi connectivity index (χ1n) is 7.17. The standard InChI is InChI=1S/C17H14N4O2S/c1-11(22)19-14-4-2-13(3-5-14)16(23)21-17-20-15(10-24-17)12-6-8-18-9-7-12/h2-10H,1H3,(H,19,22)(H,20,21,23). The second-order valence-electron chi connectivity index (χ2n) is 4.99. The van der Waals surface area contributed by atoms with Crippen LogP contribution in [0.25, 0.3) is 11.3 Å². The lowest BCUT2D eigenvalue weighted by atomic mass is 10.2. The number of pyridine rings is 1. The highest BCUT2D eigenvalue weighted by molar-refractivity contribution is 7.14. The molecule has 120 valence electrons. The first-order chi connectivity index (χ1) is 11.6. The molecule has 2 amide bonds. The number of thiazole rings is 1. The monoisotopic (exact) mass is 338 g/mol. The van der Waals surface area contributed by atoms with Crippen molar-refractivity contribution >= 4 is 34.0 Å². The van der Waals surface area contributed by atoms with E-state index in [1.54, 1.807) is 36.7 Å². The van der Waals surface area contributed by atoms with Crippen molar-refractivity contribution in [3.05, 3.63) is 59.7 Å². The predicted octanol–water partition coefficient (Wildman–Crippen LogP) is 3.42. The zero-order chi connectivity index (χ0) is 16.9. The maximum Gasteiger partial charge on any atom is 0.257 e. The average molecular weight is 338 g/mol. The Bertz CT molecular complexity index is 860. The zero-order valence-electron chi connectivity index (χ0n) is 12.8. The number of hydrogen-bond acceptors (Lipinski definition) is 5. The Morgan fingerprint density at radius 3 is 2.38 bits per heavy atom. The fourth-order valence-electron chi connectivity index (χ4n) is 2.06. The second-order valence-corrected chi connectivity index (χ2v) is 5.84. The molecule has 2 N–H and O–H groups in total. The van der Waals surface area contributed by atoms with E-state index in [1.807, 2.05) is 17.5 Å². The Kier molecular flexibility index (Phi) is 4.62. The van der Waals surface area contributed by atoms with E-state index < -0.39 is 0 Å². The number of nitrogens with zero attached hydrogens (tertiary/aromatic N) is 2. The van der Waals surface area contributed by atoms with Gasteiger partial charge in [-0.2, -0.15) is 0 Å². The summed E-state index contributed by atoms with van der Waals surface area (Å²) in [4.78, 5) is 31.6. The van der Waals surface area contributed by atoms with Crippen LogP contribution in [0.4, 0.5) is 10.8 Å². The molecular formula is C17H14N4O2S. The van der Waals surface area contributed by atoms with Gasteiger partial charge in [0.15, 0.2) is 5.13 Å². The molecule has 0 bridgehead atoms. The number of carbonyl (C=O) groups excluding carboxylic acids is 2. The highest BCUT2D eigenvalue weighted by Gasteiger charge is 2.10. The van der Waals surface area contributed by atoms with Crippen molar-refractivity contribution < 1.29 is 9.59 Å². The Balaban J connectivity index is 1.69. The fourth-order valence-corrected chi connectivity index (χ4v) is 2.78. The number of aromatic nitrogens is 2. The first-order valence-corrected chi connectivity index (χ1v) is 8.05. The molecule has 0 radical (unpaired) electrons. The van der Waals surface area contributed by atoms with Gasteiger partial charge in [0.05, 0.1) is 5.69 Å². The number of benzene rings is 1. The molecule has 0 unspecified atom stereocenters. The summed E-state index contributed by atoms with van der Waals surface area (Å²) < 4.78 is 0. The van der Waals surface area contributed by atoms with Gasteiger partial charge in [-0.1, -0.05) is 0 Å². The molecular weight excluding hydrogens is 324 g/mol. The highest BCUT2D eigenvalue weighted by atomic mass is 32.1. The molecule has 0 spiro atoms. The van der Waals surface area contributed by atoms with Gasteiger partial charge < -0.3 is 5.32 Å². The predicted molar refractivity (Wildman–Crippen MR) is 94.0 cm³/mol. The van der Waals surface area contributed by atoms with Crippen molar-refractivity contribution in [2.45, 2.75) is 6.92 Å². The van der Waals surface area contributed by atoms with Gasteiger partial charge in [0, 0.05) is 41.5 Å². The number of carbonyl (C=O) groups is 2. The highest BCUT2D eigenvalue weighted by Crippen LogP contribution is 2.24. The third-order valence-corrected chi connectivity index (χ3v) is 3.93. The van der Waals surface area contributed by atoms with Crippen LogP contribution in [0, 0.1) is 0 Å². The smallest absolute Gasteiger partial charge is 0.257 e. The molecule has 7 heteroatoms. The number of anilines is 2. The van der Waals surface area contributed by atoms with Crippen LogP contribution in [0.2, 0.25) is 0 Å². The van der Waals surface area contributed by atoms with Gasteiger partial charge in [0.25, 0.3) is 5.91 Å². The lowest BCUT2D eigenvalue weighted by Gasteiger charge is -2.04. The van der Waals surface area contributed by atoms with Gasteiger partial charge in [-0.25, -0.2) is 4.98 Å². The van der Waals surface area contributed by atoms with Crippen LogP contribution < -0.4 is 10.6 Å². The Morgan fingerprint density at radius 1 is 1.00 bits per heavy atom. The molecule has 0 aliphatic rings. The van der Waals surface area contributed by atoms with E-state index >= 15 is 0 Å². The quantitative estimate of drug-likeness (QED) is 0.763. The number of hydrogen-bond donors (Lipinski definition) is 2.